The number of ether oxygens (including phenoxy) is 1. The second kappa shape index (κ2) is 4.79. The van der Waals surface area contributed by atoms with Gasteiger partial charge in [0.05, 0.1) is 17.3 Å². The normalized spacial score (nSPS) is 10.9. The molecule has 2 heterocycles. The largest absolute Gasteiger partial charge is 0.497 e. The van der Waals surface area contributed by atoms with E-state index in [9.17, 15) is 0 Å². The fourth-order valence-electron chi connectivity index (χ4n) is 2.01. The van der Waals surface area contributed by atoms with Crippen LogP contribution in [0.4, 0.5) is 0 Å². The average Bonchev–Trinajstić information content (AvgIpc) is 2.78. The Labute approximate surface area is 119 Å². The zero-order valence-corrected chi connectivity index (χ0v) is 12.0. The summed E-state index contributed by atoms with van der Waals surface area (Å²) >= 11 is 7.74. The first kappa shape index (κ1) is 12.4. The molecular formula is C14H11ClN2OS. The van der Waals surface area contributed by atoms with Gasteiger partial charge in [-0.3, -0.25) is 0 Å². The molecule has 0 unspecified atom stereocenters. The average molecular weight is 291 g/mol. The van der Waals surface area contributed by atoms with Gasteiger partial charge in [-0.1, -0.05) is 11.6 Å². The van der Waals surface area contributed by atoms with Crippen molar-refractivity contribution in [3.8, 4) is 16.2 Å². The summed E-state index contributed by atoms with van der Waals surface area (Å²) in [6.45, 7) is 2.06. The van der Waals surface area contributed by atoms with Crippen molar-refractivity contribution in [3.63, 3.8) is 0 Å². The van der Waals surface area contributed by atoms with Crippen LogP contribution in [0.25, 0.3) is 20.7 Å². The van der Waals surface area contributed by atoms with Crippen molar-refractivity contribution >= 4 is 33.2 Å². The molecule has 2 aromatic heterocycles. The topological polar surface area (TPSA) is 35.0 Å². The van der Waals surface area contributed by atoms with E-state index in [4.69, 9.17) is 16.3 Å². The predicted octanol–water partition coefficient (Wildman–Crippen LogP) is 4.33. The van der Waals surface area contributed by atoms with Crippen molar-refractivity contribution in [2.45, 2.75) is 6.92 Å². The second-order valence-electron chi connectivity index (χ2n) is 4.13. The van der Waals surface area contributed by atoms with Crippen molar-refractivity contribution < 1.29 is 4.74 Å². The van der Waals surface area contributed by atoms with Crippen molar-refractivity contribution in [3.05, 3.63) is 41.3 Å². The maximum Gasteiger partial charge on any atom is 0.150 e. The van der Waals surface area contributed by atoms with E-state index in [-0.39, 0.29) is 0 Å². The SMILES string of the molecule is COc1ccc(-c2sc3c(Cl)ncnc3c2C)cc1. The number of aromatic nitrogens is 2. The van der Waals surface area contributed by atoms with Gasteiger partial charge < -0.3 is 4.74 Å². The second-order valence-corrected chi connectivity index (χ2v) is 5.51. The summed E-state index contributed by atoms with van der Waals surface area (Å²) in [7, 11) is 1.66. The Bertz CT molecular complexity index is 737. The molecule has 0 saturated heterocycles. The monoisotopic (exact) mass is 290 g/mol. The summed E-state index contributed by atoms with van der Waals surface area (Å²) in [6.07, 6.45) is 1.50. The van der Waals surface area contributed by atoms with Crippen LogP contribution in [-0.4, -0.2) is 17.1 Å². The highest BCUT2D eigenvalue weighted by atomic mass is 35.5. The van der Waals surface area contributed by atoms with Crippen LogP contribution < -0.4 is 4.74 Å². The van der Waals surface area contributed by atoms with Gasteiger partial charge in [-0.15, -0.1) is 11.3 Å². The Hall–Kier alpha value is -1.65. The molecule has 0 aliphatic rings. The van der Waals surface area contributed by atoms with Crippen LogP contribution in [0, 0.1) is 6.92 Å². The van der Waals surface area contributed by atoms with E-state index in [2.05, 4.69) is 16.9 Å². The Morgan fingerprint density at radius 2 is 1.89 bits per heavy atom. The third kappa shape index (κ3) is 2.07. The van der Waals surface area contributed by atoms with Crippen molar-refractivity contribution in [1.82, 2.24) is 9.97 Å². The number of fused-ring (bicyclic) bond motifs is 1. The van der Waals surface area contributed by atoms with E-state index in [1.54, 1.807) is 18.4 Å². The lowest BCUT2D eigenvalue weighted by atomic mass is 10.1. The molecule has 0 amide bonds. The summed E-state index contributed by atoms with van der Waals surface area (Å²) in [5.41, 5.74) is 3.20. The van der Waals surface area contributed by atoms with Gasteiger partial charge in [0.25, 0.3) is 0 Å². The Morgan fingerprint density at radius 1 is 1.16 bits per heavy atom. The fourth-order valence-corrected chi connectivity index (χ4v) is 3.41. The number of rotatable bonds is 2. The number of aryl methyl sites for hydroxylation is 1. The Morgan fingerprint density at radius 3 is 2.53 bits per heavy atom. The van der Waals surface area contributed by atoms with Gasteiger partial charge in [-0.2, -0.15) is 0 Å². The minimum atomic E-state index is 0.512. The first-order valence-corrected chi connectivity index (χ1v) is 6.94. The molecule has 3 nitrogen and oxygen atoms in total. The standard InChI is InChI=1S/C14H11ClN2OS/c1-8-11-13(14(15)17-7-16-11)19-12(8)9-3-5-10(18-2)6-4-9/h3-7H,1-2H3. The fraction of sp³-hybridized carbons (Fsp3) is 0.143. The summed E-state index contributed by atoms with van der Waals surface area (Å²) in [6, 6.07) is 7.98. The summed E-state index contributed by atoms with van der Waals surface area (Å²) in [5.74, 6) is 0.848. The zero-order chi connectivity index (χ0) is 13.4. The quantitative estimate of drug-likeness (QED) is 0.659. The van der Waals surface area contributed by atoms with Crippen LogP contribution in [-0.2, 0) is 0 Å². The summed E-state index contributed by atoms with van der Waals surface area (Å²) < 4.78 is 6.11. The van der Waals surface area contributed by atoms with Gasteiger partial charge in [0.2, 0.25) is 0 Å². The van der Waals surface area contributed by atoms with Gasteiger partial charge in [0.1, 0.15) is 17.2 Å². The highest BCUT2D eigenvalue weighted by Gasteiger charge is 2.14. The molecule has 3 rings (SSSR count). The molecule has 0 atom stereocenters. The molecule has 0 aliphatic carbocycles. The number of thiophene rings is 1. The van der Waals surface area contributed by atoms with Gasteiger partial charge in [0.15, 0.2) is 0 Å². The lowest BCUT2D eigenvalue weighted by molar-refractivity contribution is 0.415. The number of halogens is 1. The molecule has 3 aromatic rings. The molecule has 0 spiro atoms. The lowest BCUT2D eigenvalue weighted by Crippen LogP contribution is -1.83. The molecule has 19 heavy (non-hydrogen) atoms. The van der Waals surface area contributed by atoms with Crippen LogP contribution in [0.5, 0.6) is 5.75 Å². The summed E-state index contributed by atoms with van der Waals surface area (Å²) in [4.78, 5) is 9.51. The van der Waals surface area contributed by atoms with Gasteiger partial charge in [-0.05, 0) is 42.3 Å². The third-order valence-electron chi connectivity index (χ3n) is 3.01. The number of hydrogen-bond acceptors (Lipinski definition) is 4. The first-order valence-electron chi connectivity index (χ1n) is 5.74. The molecule has 1 aromatic carbocycles. The minimum Gasteiger partial charge on any atom is -0.497 e. The highest BCUT2D eigenvalue weighted by molar-refractivity contribution is 7.23. The molecule has 0 saturated carbocycles. The van der Waals surface area contributed by atoms with Crippen LogP contribution in [0.2, 0.25) is 5.15 Å². The first-order chi connectivity index (χ1) is 9.20. The van der Waals surface area contributed by atoms with E-state index >= 15 is 0 Å². The number of nitrogens with zero attached hydrogens (tertiary/aromatic N) is 2. The van der Waals surface area contributed by atoms with E-state index < -0.39 is 0 Å². The summed E-state index contributed by atoms with van der Waals surface area (Å²) in [5, 5.41) is 0.512. The van der Waals surface area contributed by atoms with Crippen molar-refractivity contribution in [2.75, 3.05) is 7.11 Å². The molecule has 0 N–H and O–H groups in total. The maximum absolute atomic E-state index is 6.12. The molecule has 0 aliphatic heterocycles. The van der Waals surface area contributed by atoms with E-state index in [1.807, 2.05) is 24.3 Å². The number of benzene rings is 1. The number of methoxy groups -OCH3 is 1. The van der Waals surface area contributed by atoms with Gasteiger partial charge in [0, 0.05) is 4.88 Å². The van der Waals surface area contributed by atoms with E-state index in [0.29, 0.717) is 5.15 Å². The Kier molecular flexibility index (Phi) is 3.12. The molecule has 5 heteroatoms. The Balaban J connectivity index is 2.19. The molecular weight excluding hydrogens is 280 g/mol. The van der Waals surface area contributed by atoms with Crippen molar-refractivity contribution in [1.29, 1.82) is 0 Å². The highest BCUT2D eigenvalue weighted by Crippen LogP contribution is 2.39. The minimum absolute atomic E-state index is 0.512. The van der Waals surface area contributed by atoms with Crippen LogP contribution in [0.1, 0.15) is 5.56 Å². The van der Waals surface area contributed by atoms with Crippen molar-refractivity contribution in [2.24, 2.45) is 0 Å². The van der Waals surface area contributed by atoms with Gasteiger partial charge in [-0.25, -0.2) is 9.97 Å². The molecule has 96 valence electrons. The van der Waals surface area contributed by atoms with Crippen LogP contribution >= 0.6 is 22.9 Å². The third-order valence-corrected chi connectivity index (χ3v) is 4.75. The maximum atomic E-state index is 6.12. The predicted molar refractivity (Wildman–Crippen MR) is 79.2 cm³/mol. The van der Waals surface area contributed by atoms with Gasteiger partial charge >= 0.3 is 0 Å². The molecule has 0 fully saturated rings. The zero-order valence-electron chi connectivity index (χ0n) is 10.5. The van der Waals surface area contributed by atoms with Crippen LogP contribution in [0.15, 0.2) is 30.6 Å². The smallest absolute Gasteiger partial charge is 0.150 e. The van der Waals surface area contributed by atoms with E-state index in [1.165, 1.54) is 11.2 Å². The molecule has 0 bridgehead atoms. The number of hydrogen-bond donors (Lipinski definition) is 0. The molecule has 0 radical (unpaired) electrons. The lowest BCUT2D eigenvalue weighted by Gasteiger charge is -2.02. The van der Waals surface area contributed by atoms with Crippen LogP contribution in [0.3, 0.4) is 0 Å². The van der Waals surface area contributed by atoms with E-state index in [0.717, 1.165) is 27.1 Å².